The van der Waals surface area contributed by atoms with Gasteiger partial charge in [0.1, 0.15) is 0 Å². The van der Waals surface area contributed by atoms with Crippen LogP contribution >= 0.6 is 12.4 Å². The summed E-state index contributed by atoms with van der Waals surface area (Å²) in [7, 11) is 0. The topological polar surface area (TPSA) is 42.2 Å². The molecule has 1 N–H and O–H groups in total. The maximum atomic E-state index is 11.3. The summed E-state index contributed by atoms with van der Waals surface area (Å²) < 4.78 is 2.20. The van der Waals surface area contributed by atoms with Crippen LogP contribution in [0.25, 0.3) is 10.9 Å². The summed E-state index contributed by atoms with van der Waals surface area (Å²) in [6.07, 6.45) is 3.07. The number of carbonyl (C=O) groups is 1. The highest BCUT2D eigenvalue weighted by atomic mass is 35.5. The Kier molecular flexibility index (Phi) is 5.12. The van der Waals surface area contributed by atoms with Crippen LogP contribution in [0.5, 0.6) is 0 Å². The van der Waals surface area contributed by atoms with E-state index in [4.69, 9.17) is 0 Å². The van der Waals surface area contributed by atoms with Crippen LogP contribution in [0.15, 0.2) is 54.7 Å². The number of aromatic nitrogens is 1. The lowest BCUT2D eigenvalue weighted by Crippen LogP contribution is -2.08. The highest BCUT2D eigenvalue weighted by molar-refractivity contribution is 5.94. The number of halogens is 1. The molecule has 0 saturated heterocycles. The molecule has 23 heavy (non-hydrogen) atoms. The second-order valence-electron chi connectivity index (χ2n) is 5.59. The Morgan fingerprint density at radius 3 is 2.48 bits per heavy atom. The zero-order chi connectivity index (χ0) is 15.7. The van der Waals surface area contributed by atoms with Crippen molar-refractivity contribution in [2.45, 2.75) is 26.3 Å². The highest BCUT2D eigenvalue weighted by Crippen LogP contribution is 2.30. The predicted octanol–water partition coefficient (Wildman–Crippen LogP) is 5.07. The number of aromatic carboxylic acids is 1. The molecule has 2 aromatic carbocycles. The van der Waals surface area contributed by atoms with E-state index in [0.29, 0.717) is 5.56 Å². The predicted molar refractivity (Wildman–Crippen MR) is 95.8 cm³/mol. The molecule has 0 bridgehead atoms. The van der Waals surface area contributed by atoms with E-state index in [9.17, 15) is 9.90 Å². The van der Waals surface area contributed by atoms with Crippen molar-refractivity contribution in [2.24, 2.45) is 0 Å². The minimum Gasteiger partial charge on any atom is -0.478 e. The number of rotatable bonds is 4. The Morgan fingerprint density at radius 1 is 1.17 bits per heavy atom. The van der Waals surface area contributed by atoms with Crippen molar-refractivity contribution in [3.8, 4) is 0 Å². The number of benzene rings is 2. The lowest BCUT2D eigenvalue weighted by molar-refractivity contribution is 0.0697. The van der Waals surface area contributed by atoms with Crippen molar-refractivity contribution in [3.05, 3.63) is 71.4 Å². The molecule has 0 aliphatic carbocycles. The third-order valence-corrected chi connectivity index (χ3v) is 4.19. The Hall–Kier alpha value is -2.26. The summed E-state index contributed by atoms with van der Waals surface area (Å²) in [5.41, 5.74) is 3.71. The van der Waals surface area contributed by atoms with Gasteiger partial charge in [0, 0.05) is 17.1 Å². The zero-order valence-corrected chi connectivity index (χ0v) is 14.0. The minimum absolute atomic E-state index is 0. The summed E-state index contributed by atoms with van der Waals surface area (Å²) in [4.78, 5) is 11.3. The van der Waals surface area contributed by atoms with Gasteiger partial charge >= 0.3 is 5.97 Å². The lowest BCUT2D eigenvalue weighted by atomic mass is 10.0. The third kappa shape index (κ3) is 3.10. The van der Waals surface area contributed by atoms with Gasteiger partial charge in [-0.25, -0.2) is 4.79 Å². The van der Waals surface area contributed by atoms with Crippen LogP contribution in [0.1, 0.15) is 40.9 Å². The molecular weight excluding hydrogens is 310 g/mol. The highest BCUT2D eigenvalue weighted by Gasteiger charge is 2.16. The summed E-state index contributed by atoms with van der Waals surface area (Å²) in [5, 5.41) is 10.4. The molecule has 0 saturated carbocycles. The normalized spacial score (nSPS) is 11.9. The molecule has 1 atom stereocenters. The van der Waals surface area contributed by atoms with Gasteiger partial charge in [0.2, 0.25) is 0 Å². The molecule has 1 aromatic heterocycles. The Morgan fingerprint density at radius 2 is 1.87 bits per heavy atom. The molecule has 4 heteroatoms. The Labute approximate surface area is 142 Å². The third-order valence-electron chi connectivity index (χ3n) is 4.19. The molecule has 3 aromatic rings. The molecule has 3 rings (SSSR count). The summed E-state index contributed by atoms with van der Waals surface area (Å²) in [6.45, 7) is 4.22. The lowest BCUT2D eigenvalue weighted by Gasteiger charge is -2.19. The largest absolute Gasteiger partial charge is 0.478 e. The minimum atomic E-state index is -0.889. The van der Waals surface area contributed by atoms with Crippen molar-refractivity contribution in [3.63, 3.8) is 0 Å². The van der Waals surface area contributed by atoms with E-state index < -0.39 is 5.97 Å². The molecule has 0 spiro atoms. The van der Waals surface area contributed by atoms with Crippen molar-refractivity contribution in [1.29, 1.82) is 0 Å². The van der Waals surface area contributed by atoms with E-state index in [-0.39, 0.29) is 18.4 Å². The molecule has 1 unspecified atom stereocenters. The first-order valence-corrected chi connectivity index (χ1v) is 7.51. The first-order chi connectivity index (χ1) is 10.6. The molecular formula is C19H20ClNO2. The van der Waals surface area contributed by atoms with Gasteiger partial charge in [-0.15, -0.1) is 12.4 Å². The van der Waals surface area contributed by atoms with Gasteiger partial charge in [-0.05, 0) is 36.6 Å². The molecule has 120 valence electrons. The van der Waals surface area contributed by atoms with Gasteiger partial charge in [-0.1, -0.05) is 43.3 Å². The SMILES string of the molecule is CCC(c1ccccc1)n1cc(C)c2ccc(C(=O)O)cc21.Cl. The average Bonchev–Trinajstić information content (AvgIpc) is 2.86. The number of aryl methyl sites for hydroxylation is 1. The van der Waals surface area contributed by atoms with E-state index in [2.05, 4.69) is 36.7 Å². The number of fused-ring (bicyclic) bond motifs is 1. The van der Waals surface area contributed by atoms with Crippen LogP contribution in [-0.2, 0) is 0 Å². The van der Waals surface area contributed by atoms with E-state index in [1.54, 1.807) is 12.1 Å². The number of hydrogen-bond donors (Lipinski definition) is 1. The van der Waals surface area contributed by atoms with Crippen molar-refractivity contribution in [1.82, 2.24) is 4.57 Å². The quantitative estimate of drug-likeness (QED) is 0.726. The molecule has 1 heterocycles. The second kappa shape index (κ2) is 6.88. The van der Waals surface area contributed by atoms with E-state index in [1.807, 2.05) is 24.3 Å². The number of carboxylic acids is 1. The van der Waals surface area contributed by atoms with Crippen LogP contribution in [0.4, 0.5) is 0 Å². The zero-order valence-electron chi connectivity index (χ0n) is 13.2. The van der Waals surface area contributed by atoms with Crippen molar-refractivity contribution in [2.75, 3.05) is 0 Å². The summed E-state index contributed by atoms with van der Waals surface area (Å²) in [6, 6.07) is 15.9. The second-order valence-corrected chi connectivity index (χ2v) is 5.59. The average molecular weight is 330 g/mol. The standard InChI is InChI=1S/C19H19NO2.ClH/c1-3-17(14-7-5-4-6-8-14)20-12-13(2)16-10-9-15(19(21)22)11-18(16)20;/h4-12,17H,3H2,1-2H3,(H,21,22);1H. The van der Waals surface area contributed by atoms with Gasteiger partial charge in [-0.3, -0.25) is 0 Å². The fraction of sp³-hybridized carbons (Fsp3) is 0.211. The summed E-state index contributed by atoms with van der Waals surface area (Å²) >= 11 is 0. The van der Waals surface area contributed by atoms with Crippen LogP contribution in [0, 0.1) is 6.92 Å². The molecule has 3 nitrogen and oxygen atoms in total. The van der Waals surface area contributed by atoms with Crippen molar-refractivity contribution >= 4 is 29.3 Å². The number of nitrogens with zero attached hydrogens (tertiary/aromatic N) is 1. The first kappa shape index (κ1) is 17.1. The molecule has 0 aliphatic heterocycles. The Bertz CT molecular complexity index is 824. The van der Waals surface area contributed by atoms with Gasteiger partial charge < -0.3 is 9.67 Å². The van der Waals surface area contributed by atoms with Crippen molar-refractivity contribution < 1.29 is 9.90 Å². The summed E-state index contributed by atoms with van der Waals surface area (Å²) in [5.74, 6) is -0.889. The smallest absolute Gasteiger partial charge is 0.335 e. The van der Waals surface area contributed by atoms with Crippen LogP contribution in [-0.4, -0.2) is 15.6 Å². The van der Waals surface area contributed by atoms with Crippen LogP contribution in [0.2, 0.25) is 0 Å². The van der Waals surface area contributed by atoms with Gasteiger partial charge in [-0.2, -0.15) is 0 Å². The van der Waals surface area contributed by atoms with Crippen LogP contribution < -0.4 is 0 Å². The van der Waals surface area contributed by atoms with E-state index >= 15 is 0 Å². The van der Waals surface area contributed by atoms with Gasteiger partial charge in [0.05, 0.1) is 11.6 Å². The van der Waals surface area contributed by atoms with Gasteiger partial charge in [0.15, 0.2) is 0 Å². The molecule has 0 radical (unpaired) electrons. The Balaban J connectivity index is 0.00000192. The number of hydrogen-bond acceptors (Lipinski definition) is 1. The monoisotopic (exact) mass is 329 g/mol. The first-order valence-electron chi connectivity index (χ1n) is 7.51. The number of carboxylic acid groups (broad SMARTS) is 1. The fourth-order valence-corrected chi connectivity index (χ4v) is 3.09. The molecule has 0 fully saturated rings. The van der Waals surface area contributed by atoms with Gasteiger partial charge in [0.25, 0.3) is 0 Å². The maximum absolute atomic E-state index is 11.3. The van der Waals surface area contributed by atoms with E-state index in [0.717, 1.165) is 17.3 Å². The van der Waals surface area contributed by atoms with Crippen LogP contribution in [0.3, 0.4) is 0 Å². The maximum Gasteiger partial charge on any atom is 0.335 e. The molecule has 0 aliphatic rings. The van der Waals surface area contributed by atoms with E-state index in [1.165, 1.54) is 11.1 Å². The molecule has 0 amide bonds. The fourth-order valence-electron chi connectivity index (χ4n) is 3.09.